The smallest absolute Gasteiger partial charge is 0.233 e. The number of nitrogens with one attached hydrogen (secondary N) is 1. The molecule has 0 heterocycles. The summed E-state index contributed by atoms with van der Waals surface area (Å²) < 4.78 is 0. The molecule has 1 aromatic carbocycles. The number of hydrogen-bond donors (Lipinski definition) is 1. The third-order valence-electron chi connectivity index (χ3n) is 4.66. The van der Waals surface area contributed by atoms with Crippen molar-refractivity contribution in [3.05, 3.63) is 28.3 Å². The fourth-order valence-corrected chi connectivity index (χ4v) is 4.18. The fourth-order valence-electron chi connectivity index (χ4n) is 2.98. The van der Waals surface area contributed by atoms with Crippen LogP contribution in [0.2, 0.25) is 0 Å². The van der Waals surface area contributed by atoms with E-state index in [0.717, 1.165) is 12.8 Å². The monoisotopic (exact) mass is 305 g/mol. The van der Waals surface area contributed by atoms with E-state index in [1.165, 1.54) is 40.0 Å². The molecule has 2 nitrogen and oxygen atoms in total. The SMILES string of the molecule is Cc1cc(C)c(C)c(S[C@@H](C)C(=O)NC2CCCC2)c1C. The van der Waals surface area contributed by atoms with Crippen LogP contribution in [0.1, 0.15) is 54.9 Å². The van der Waals surface area contributed by atoms with Crippen molar-refractivity contribution in [3.63, 3.8) is 0 Å². The van der Waals surface area contributed by atoms with Crippen LogP contribution in [0.4, 0.5) is 0 Å². The lowest BCUT2D eigenvalue weighted by atomic mass is 10.0. The Kier molecular flexibility index (Phi) is 5.37. The molecule has 1 amide bonds. The molecular formula is C18H27NOS. The van der Waals surface area contributed by atoms with E-state index in [0.29, 0.717) is 6.04 Å². The average molecular weight is 305 g/mol. The van der Waals surface area contributed by atoms with Crippen LogP contribution >= 0.6 is 11.8 Å². The van der Waals surface area contributed by atoms with Gasteiger partial charge in [-0.2, -0.15) is 0 Å². The molecule has 1 aromatic rings. The quantitative estimate of drug-likeness (QED) is 0.832. The summed E-state index contributed by atoms with van der Waals surface area (Å²) in [6, 6.07) is 2.64. The maximum Gasteiger partial charge on any atom is 0.233 e. The summed E-state index contributed by atoms with van der Waals surface area (Å²) in [5.41, 5.74) is 5.24. The highest BCUT2D eigenvalue weighted by Crippen LogP contribution is 2.33. The summed E-state index contributed by atoms with van der Waals surface area (Å²) in [6.45, 7) is 10.6. The van der Waals surface area contributed by atoms with E-state index in [2.05, 4.69) is 39.1 Å². The van der Waals surface area contributed by atoms with Gasteiger partial charge in [-0.1, -0.05) is 18.9 Å². The second-order valence-corrected chi connectivity index (χ2v) is 7.69. The standard InChI is InChI=1S/C18H27NOS/c1-11-10-12(2)14(4)17(13(11)3)21-15(5)18(20)19-16-8-6-7-9-16/h10,15-16H,6-9H2,1-5H3,(H,19,20)/t15-/m0/s1. The number of rotatable bonds is 4. The fraction of sp³-hybridized carbons (Fsp3) is 0.611. The molecule has 1 saturated carbocycles. The minimum absolute atomic E-state index is 0.0378. The van der Waals surface area contributed by atoms with Gasteiger partial charge in [-0.15, -0.1) is 11.8 Å². The largest absolute Gasteiger partial charge is 0.352 e. The zero-order valence-corrected chi connectivity index (χ0v) is 14.7. The number of carbonyl (C=O) groups is 1. The minimum Gasteiger partial charge on any atom is -0.352 e. The molecule has 0 radical (unpaired) electrons. The Labute approximate surface area is 133 Å². The summed E-state index contributed by atoms with van der Waals surface area (Å²) in [5.74, 6) is 0.185. The van der Waals surface area contributed by atoms with Crippen molar-refractivity contribution in [2.45, 2.75) is 76.5 Å². The molecule has 0 spiro atoms. The number of hydrogen-bond acceptors (Lipinski definition) is 2. The first-order valence-corrected chi connectivity index (χ1v) is 8.82. The molecule has 21 heavy (non-hydrogen) atoms. The first kappa shape index (κ1) is 16.4. The third kappa shape index (κ3) is 3.82. The van der Waals surface area contributed by atoms with Crippen molar-refractivity contribution in [1.82, 2.24) is 5.32 Å². The maximum atomic E-state index is 12.4. The number of thioether (sulfide) groups is 1. The second-order valence-electron chi connectivity index (χ2n) is 6.34. The predicted molar refractivity (Wildman–Crippen MR) is 91.1 cm³/mol. The third-order valence-corrected chi connectivity index (χ3v) is 6.08. The van der Waals surface area contributed by atoms with Crippen molar-refractivity contribution in [1.29, 1.82) is 0 Å². The Balaban J connectivity index is 2.08. The van der Waals surface area contributed by atoms with Crippen LogP contribution in [0, 0.1) is 27.7 Å². The molecular weight excluding hydrogens is 278 g/mol. The molecule has 3 heteroatoms. The van der Waals surface area contributed by atoms with Crippen LogP contribution in [0.5, 0.6) is 0 Å². The zero-order valence-electron chi connectivity index (χ0n) is 13.9. The van der Waals surface area contributed by atoms with Crippen molar-refractivity contribution < 1.29 is 4.79 Å². The molecule has 1 aliphatic rings. The molecule has 0 unspecified atom stereocenters. The summed E-state index contributed by atoms with van der Waals surface area (Å²) in [7, 11) is 0. The Morgan fingerprint density at radius 1 is 1.14 bits per heavy atom. The summed E-state index contributed by atoms with van der Waals surface area (Å²) in [4.78, 5) is 13.6. The Morgan fingerprint density at radius 3 is 2.19 bits per heavy atom. The first-order chi connectivity index (χ1) is 9.90. The van der Waals surface area contributed by atoms with Gasteiger partial charge in [-0.05, 0) is 69.7 Å². The highest BCUT2D eigenvalue weighted by atomic mass is 32.2. The van der Waals surface area contributed by atoms with Crippen LogP contribution in [0.3, 0.4) is 0 Å². The molecule has 2 rings (SSSR count). The maximum absolute atomic E-state index is 12.4. The lowest BCUT2D eigenvalue weighted by Crippen LogP contribution is -2.37. The summed E-state index contributed by atoms with van der Waals surface area (Å²) >= 11 is 1.70. The van der Waals surface area contributed by atoms with Gasteiger partial charge in [0, 0.05) is 10.9 Å². The van der Waals surface area contributed by atoms with Gasteiger partial charge in [0.1, 0.15) is 0 Å². The Hall–Kier alpha value is -0.960. The van der Waals surface area contributed by atoms with Gasteiger partial charge in [0.25, 0.3) is 0 Å². The van der Waals surface area contributed by atoms with Gasteiger partial charge >= 0.3 is 0 Å². The molecule has 0 aromatic heterocycles. The van der Waals surface area contributed by atoms with Crippen LogP contribution in [-0.2, 0) is 4.79 Å². The van der Waals surface area contributed by atoms with E-state index < -0.39 is 0 Å². The van der Waals surface area contributed by atoms with Crippen LogP contribution in [0.25, 0.3) is 0 Å². The van der Waals surface area contributed by atoms with Crippen LogP contribution in [-0.4, -0.2) is 17.2 Å². The molecule has 1 atom stereocenters. The number of carbonyl (C=O) groups excluding carboxylic acids is 1. The van der Waals surface area contributed by atoms with E-state index in [4.69, 9.17) is 0 Å². The van der Waals surface area contributed by atoms with Crippen LogP contribution in [0.15, 0.2) is 11.0 Å². The van der Waals surface area contributed by atoms with Crippen molar-refractivity contribution in [3.8, 4) is 0 Å². The van der Waals surface area contributed by atoms with Gasteiger partial charge in [-0.3, -0.25) is 4.79 Å². The lowest BCUT2D eigenvalue weighted by Gasteiger charge is -2.20. The summed E-state index contributed by atoms with van der Waals surface area (Å²) in [6.07, 6.45) is 4.79. The molecule has 0 aliphatic heterocycles. The second kappa shape index (κ2) is 6.87. The van der Waals surface area contributed by atoms with Crippen LogP contribution < -0.4 is 5.32 Å². The van der Waals surface area contributed by atoms with Crippen molar-refractivity contribution in [2.24, 2.45) is 0 Å². The van der Waals surface area contributed by atoms with E-state index >= 15 is 0 Å². The van der Waals surface area contributed by atoms with Gasteiger partial charge in [0.2, 0.25) is 5.91 Å². The number of benzene rings is 1. The van der Waals surface area contributed by atoms with E-state index in [9.17, 15) is 4.79 Å². The molecule has 1 aliphatic carbocycles. The van der Waals surface area contributed by atoms with Gasteiger partial charge in [-0.25, -0.2) is 0 Å². The molecule has 1 N–H and O–H groups in total. The summed E-state index contributed by atoms with van der Waals surface area (Å²) in [5, 5.41) is 3.17. The van der Waals surface area contributed by atoms with Crippen molar-refractivity contribution >= 4 is 17.7 Å². The zero-order chi connectivity index (χ0) is 15.6. The lowest BCUT2D eigenvalue weighted by molar-refractivity contribution is -0.120. The van der Waals surface area contributed by atoms with Gasteiger partial charge < -0.3 is 5.32 Å². The van der Waals surface area contributed by atoms with E-state index in [-0.39, 0.29) is 11.2 Å². The van der Waals surface area contributed by atoms with E-state index in [1.807, 2.05) is 6.92 Å². The molecule has 1 fully saturated rings. The predicted octanol–water partition coefficient (Wildman–Crippen LogP) is 4.46. The van der Waals surface area contributed by atoms with Gasteiger partial charge in [0.05, 0.1) is 5.25 Å². The normalized spacial score (nSPS) is 17.0. The molecule has 0 saturated heterocycles. The van der Waals surface area contributed by atoms with Gasteiger partial charge in [0.15, 0.2) is 0 Å². The average Bonchev–Trinajstić information content (AvgIpc) is 2.94. The number of amides is 1. The molecule has 116 valence electrons. The van der Waals surface area contributed by atoms with Crippen molar-refractivity contribution in [2.75, 3.05) is 0 Å². The first-order valence-electron chi connectivity index (χ1n) is 7.94. The molecule has 0 bridgehead atoms. The highest BCUT2D eigenvalue weighted by molar-refractivity contribution is 8.00. The minimum atomic E-state index is -0.0378. The topological polar surface area (TPSA) is 29.1 Å². The Morgan fingerprint density at radius 2 is 1.67 bits per heavy atom. The number of aryl methyl sites for hydroxylation is 2. The Bertz CT molecular complexity index is 506. The van der Waals surface area contributed by atoms with E-state index in [1.54, 1.807) is 11.8 Å². The highest BCUT2D eigenvalue weighted by Gasteiger charge is 2.22.